The van der Waals surface area contributed by atoms with Gasteiger partial charge in [0.2, 0.25) is 11.8 Å². The molecule has 6 N–H and O–H groups in total. The molecular formula is C24H45N3O6S. The largest absolute Gasteiger partial charge is 0.388 e. The Morgan fingerprint density at radius 1 is 1.12 bits per heavy atom. The normalized spacial score (nSPS) is 34.2. The molecule has 0 aliphatic carbocycles. The average molecular weight is 504 g/mol. The fourth-order valence-corrected chi connectivity index (χ4v) is 5.63. The number of likely N-dealkylation sites (tertiary alicyclic amines) is 1. The van der Waals surface area contributed by atoms with Gasteiger partial charge in [-0.15, -0.1) is 11.8 Å². The van der Waals surface area contributed by atoms with Crippen molar-refractivity contribution in [2.24, 2.45) is 23.5 Å². The van der Waals surface area contributed by atoms with E-state index in [1.54, 1.807) is 11.2 Å². The minimum atomic E-state index is -1.39. The van der Waals surface area contributed by atoms with Crippen LogP contribution < -0.4 is 11.1 Å². The predicted molar refractivity (Wildman–Crippen MR) is 133 cm³/mol. The van der Waals surface area contributed by atoms with E-state index in [1.807, 2.05) is 27.7 Å². The van der Waals surface area contributed by atoms with Crippen molar-refractivity contribution in [2.75, 3.05) is 12.8 Å². The molecule has 9 nitrogen and oxygen atoms in total. The van der Waals surface area contributed by atoms with E-state index >= 15 is 0 Å². The molecule has 0 aromatic carbocycles. The van der Waals surface area contributed by atoms with Crippen LogP contribution in [0.4, 0.5) is 0 Å². The number of thioether (sulfide) groups is 1. The number of nitrogens with zero attached hydrogens (tertiary/aromatic N) is 1. The molecule has 0 aromatic rings. The molecule has 198 valence electrons. The molecule has 0 bridgehead atoms. The zero-order valence-corrected chi connectivity index (χ0v) is 22.2. The number of carbonyl (C=O) groups excluding carboxylic acids is 2. The molecule has 9 unspecified atom stereocenters. The Hall–Kier alpha value is -0.910. The van der Waals surface area contributed by atoms with Crippen molar-refractivity contribution in [1.29, 1.82) is 0 Å². The lowest BCUT2D eigenvalue weighted by atomic mass is 9.85. The molecule has 34 heavy (non-hydrogen) atoms. The summed E-state index contributed by atoms with van der Waals surface area (Å²) in [5.74, 6) is -0.366. The van der Waals surface area contributed by atoms with Crippen molar-refractivity contribution >= 4 is 23.6 Å². The molecule has 0 spiro atoms. The molecule has 0 radical (unpaired) electrons. The van der Waals surface area contributed by atoms with Crippen molar-refractivity contribution < 1.29 is 29.6 Å². The summed E-state index contributed by atoms with van der Waals surface area (Å²) in [6.07, 6.45) is 0.244. The van der Waals surface area contributed by atoms with Gasteiger partial charge in [0.25, 0.3) is 0 Å². The van der Waals surface area contributed by atoms with E-state index in [-0.39, 0.29) is 23.7 Å². The van der Waals surface area contributed by atoms with Crippen LogP contribution >= 0.6 is 11.8 Å². The maximum Gasteiger partial charge on any atom is 0.243 e. The molecule has 0 aromatic heterocycles. The Balaban J connectivity index is 2.27. The van der Waals surface area contributed by atoms with Crippen molar-refractivity contribution in [3.05, 3.63) is 0 Å². The van der Waals surface area contributed by atoms with E-state index in [0.29, 0.717) is 18.9 Å². The van der Waals surface area contributed by atoms with Crippen LogP contribution in [0.15, 0.2) is 0 Å². The third kappa shape index (κ3) is 6.64. The lowest BCUT2D eigenvalue weighted by Gasteiger charge is -2.45. The standard InChI is InChI=1S/C24H45N3O6S/c1-7-8-14-9-10-27(23(32)16(25)12(2)3)15(11-14)22(31)26-17(13(4)5)21-19(29)18(28)20(30)24(33-21)34-6/h12-21,24,28-30H,7-11,25H2,1-6H3,(H,26,31). The Labute approximate surface area is 208 Å². The summed E-state index contributed by atoms with van der Waals surface area (Å²) in [5.41, 5.74) is 5.43. The lowest BCUT2D eigenvalue weighted by molar-refractivity contribution is -0.208. The van der Waals surface area contributed by atoms with Gasteiger partial charge in [0, 0.05) is 6.54 Å². The first-order chi connectivity index (χ1) is 15.9. The van der Waals surface area contributed by atoms with Gasteiger partial charge < -0.3 is 36.0 Å². The summed E-state index contributed by atoms with van der Waals surface area (Å²) in [5, 5.41) is 34.3. The molecule has 2 saturated heterocycles. The van der Waals surface area contributed by atoms with E-state index in [2.05, 4.69) is 12.2 Å². The molecule has 0 saturated carbocycles. The monoisotopic (exact) mass is 503 g/mol. The number of aliphatic hydroxyl groups excluding tert-OH is 3. The first kappa shape index (κ1) is 29.3. The van der Waals surface area contributed by atoms with E-state index in [9.17, 15) is 24.9 Å². The Morgan fingerprint density at radius 3 is 2.29 bits per heavy atom. The van der Waals surface area contributed by atoms with Gasteiger partial charge in [0.15, 0.2) is 0 Å². The van der Waals surface area contributed by atoms with Crippen molar-refractivity contribution in [2.45, 2.75) is 108 Å². The van der Waals surface area contributed by atoms with Crippen LogP contribution in [0.1, 0.15) is 60.3 Å². The van der Waals surface area contributed by atoms with Crippen LogP contribution in [0.5, 0.6) is 0 Å². The van der Waals surface area contributed by atoms with E-state index in [4.69, 9.17) is 10.5 Å². The van der Waals surface area contributed by atoms with Crippen molar-refractivity contribution in [3.63, 3.8) is 0 Å². The number of nitrogens with one attached hydrogen (secondary N) is 1. The van der Waals surface area contributed by atoms with Crippen molar-refractivity contribution in [3.8, 4) is 0 Å². The van der Waals surface area contributed by atoms with Gasteiger partial charge in [-0.3, -0.25) is 9.59 Å². The number of amides is 2. The fraction of sp³-hybridized carbons (Fsp3) is 0.917. The summed E-state index contributed by atoms with van der Waals surface area (Å²) >= 11 is 1.23. The van der Waals surface area contributed by atoms with E-state index < -0.39 is 48.0 Å². The minimum absolute atomic E-state index is 0.0461. The third-order valence-electron chi connectivity index (χ3n) is 7.22. The Kier molecular flexibility index (Phi) is 11.1. The summed E-state index contributed by atoms with van der Waals surface area (Å²) < 4.78 is 5.93. The molecular weight excluding hydrogens is 458 g/mol. The summed E-state index contributed by atoms with van der Waals surface area (Å²) in [4.78, 5) is 28.4. The topological polar surface area (TPSA) is 145 Å². The number of rotatable bonds is 9. The number of aliphatic hydroxyl groups is 3. The van der Waals surface area contributed by atoms with E-state index in [0.717, 1.165) is 19.3 Å². The number of carbonyl (C=O) groups is 2. The summed E-state index contributed by atoms with van der Waals surface area (Å²) in [6, 6.07) is -1.96. The quantitative estimate of drug-likeness (QED) is 0.309. The van der Waals surface area contributed by atoms with Crippen LogP contribution in [-0.4, -0.2) is 92.8 Å². The molecule has 2 aliphatic rings. The maximum absolute atomic E-state index is 13.6. The van der Waals surface area contributed by atoms with Gasteiger partial charge in [-0.25, -0.2) is 0 Å². The molecule has 2 rings (SSSR count). The minimum Gasteiger partial charge on any atom is -0.388 e. The Morgan fingerprint density at radius 2 is 1.76 bits per heavy atom. The van der Waals surface area contributed by atoms with Crippen LogP contribution in [0.3, 0.4) is 0 Å². The highest BCUT2D eigenvalue weighted by Crippen LogP contribution is 2.32. The number of nitrogens with two attached hydrogens (primary N) is 1. The molecule has 2 aliphatic heterocycles. The number of hydrogen-bond donors (Lipinski definition) is 5. The van der Waals surface area contributed by atoms with Gasteiger partial charge >= 0.3 is 0 Å². The second kappa shape index (κ2) is 12.9. The van der Waals surface area contributed by atoms with Crippen LogP contribution in [0.25, 0.3) is 0 Å². The highest BCUT2D eigenvalue weighted by molar-refractivity contribution is 7.99. The summed E-state index contributed by atoms with van der Waals surface area (Å²) in [7, 11) is 0. The van der Waals surface area contributed by atoms with Crippen LogP contribution in [0.2, 0.25) is 0 Å². The number of ether oxygens (including phenoxy) is 1. The molecule has 2 fully saturated rings. The molecule has 2 amide bonds. The summed E-state index contributed by atoms with van der Waals surface area (Å²) in [6.45, 7) is 10.2. The lowest BCUT2D eigenvalue weighted by Crippen LogP contribution is -2.65. The van der Waals surface area contributed by atoms with Gasteiger partial charge in [-0.05, 0) is 36.9 Å². The first-order valence-electron chi connectivity index (χ1n) is 12.5. The fourth-order valence-electron chi connectivity index (χ4n) is 4.95. The number of hydrogen-bond acceptors (Lipinski definition) is 8. The first-order valence-corrected chi connectivity index (χ1v) is 13.8. The molecule has 9 atom stereocenters. The highest BCUT2D eigenvalue weighted by Gasteiger charge is 2.48. The number of piperidine rings is 1. The van der Waals surface area contributed by atoms with Gasteiger partial charge in [0.1, 0.15) is 35.9 Å². The zero-order chi connectivity index (χ0) is 25.7. The second-order valence-electron chi connectivity index (χ2n) is 10.5. The zero-order valence-electron chi connectivity index (χ0n) is 21.4. The highest BCUT2D eigenvalue weighted by atomic mass is 32.2. The SMILES string of the molecule is CCCC1CCN(C(=O)C(N)C(C)C)C(C(=O)NC(C(C)C)C2OC(SC)C(O)C(O)C2O)C1. The van der Waals surface area contributed by atoms with Gasteiger partial charge in [-0.1, -0.05) is 47.5 Å². The molecule has 10 heteroatoms. The maximum atomic E-state index is 13.6. The second-order valence-corrected chi connectivity index (χ2v) is 11.4. The predicted octanol–water partition coefficient (Wildman–Crippen LogP) is 0.688. The third-order valence-corrected chi connectivity index (χ3v) is 8.07. The van der Waals surface area contributed by atoms with Gasteiger partial charge in [-0.2, -0.15) is 0 Å². The van der Waals surface area contributed by atoms with Gasteiger partial charge in [0.05, 0.1) is 12.1 Å². The smallest absolute Gasteiger partial charge is 0.243 e. The van der Waals surface area contributed by atoms with Crippen LogP contribution in [0, 0.1) is 17.8 Å². The molecule has 2 heterocycles. The van der Waals surface area contributed by atoms with E-state index in [1.165, 1.54) is 11.8 Å². The van der Waals surface area contributed by atoms with Crippen LogP contribution in [-0.2, 0) is 14.3 Å². The Bertz CT molecular complexity index is 679. The van der Waals surface area contributed by atoms with Crippen molar-refractivity contribution in [1.82, 2.24) is 10.2 Å². The average Bonchev–Trinajstić information content (AvgIpc) is 2.80.